The number of hydrogen-bond acceptors (Lipinski definition) is 3. The first kappa shape index (κ1) is 16.9. The number of carbonyl (C=O) groups excluding carboxylic acids is 2. The minimum atomic E-state index is -4.59. The Kier molecular flexibility index (Phi) is 3.98. The number of carbonyl (C=O) groups is 2. The smallest absolute Gasteiger partial charge is 0.319 e. The molecule has 1 aromatic carbocycles. The van der Waals surface area contributed by atoms with Crippen molar-refractivity contribution in [1.82, 2.24) is 10.3 Å². The number of hydrogen-bond donors (Lipinski definition) is 1. The lowest BCUT2D eigenvalue weighted by atomic mass is 9.87. The van der Waals surface area contributed by atoms with Crippen LogP contribution in [-0.4, -0.2) is 16.9 Å². The molecular weight excluding hydrogens is 335 g/mol. The zero-order chi connectivity index (χ0) is 18.2. The highest BCUT2D eigenvalue weighted by molar-refractivity contribution is 6.23. The molecule has 0 radical (unpaired) electrons. The summed E-state index contributed by atoms with van der Waals surface area (Å²) < 4.78 is 37.9. The van der Waals surface area contributed by atoms with Gasteiger partial charge < -0.3 is 5.32 Å². The number of alkyl halides is 3. The SMILES string of the molecule is CC[C@]1(c2ccccc2)NC(=O)N(c2ccc(C(F)(F)F)nc2)C1=O. The molecule has 1 N–H and O–H groups in total. The van der Waals surface area contributed by atoms with Crippen molar-refractivity contribution in [1.29, 1.82) is 0 Å². The zero-order valence-electron chi connectivity index (χ0n) is 13.2. The Morgan fingerprint density at radius 1 is 1.12 bits per heavy atom. The number of nitrogens with zero attached hydrogens (tertiary/aromatic N) is 2. The summed E-state index contributed by atoms with van der Waals surface area (Å²) in [6, 6.07) is 9.81. The highest BCUT2D eigenvalue weighted by atomic mass is 19.4. The van der Waals surface area contributed by atoms with Crippen LogP contribution in [0, 0.1) is 0 Å². The van der Waals surface area contributed by atoms with Gasteiger partial charge in [-0.3, -0.25) is 4.79 Å². The van der Waals surface area contributed by atoms with E-state index < -0.39 is 29.3 Å². The van der Waals surface area contributed by atoms with Crippen LogP contribution in [0.3, 0.4) is 0 Å². The molecule has 0 bridgehead atoms. The molecule has 1 saturated heterocycles. The second-order valence-corrected chi connectivity index (χ2v) is 5.60. The predicted octanol–water partition coefficient (Wildman–Crippen LogP) is 3.46. The second kappa shape index (κ2) is 5.87. The first-order valence-electron chi connectivity index (χ1n) is 7.55. The average Bonchev–Trinajstić information content (AvgIpc) is 2.86. The van der Waals surface area contributed by atoms with Gasteiger partial charge in [0.25, 0.3) is 5.91 Å². The maximum atomic E-state index is 12.9. The molecule has 25 heavy (non-hydrogen) atoms. The lowest BCUT2D eigenvalue weighted by molar-refractivity contribution is -0.141. The van der Waals surface area contributed by atoms with Crippen molar-refractivity contribution in [3.63, 3.8) is 0 Å². The van der Waals surface area contributed by atoms with E-state index in [9.17, 15) is 22.8 Å². The van der Waals surface area contributed by atoms with Gasteiger partial charge in [0.2, 0.25) is 0 Å². The molecule has 0 saturated carbocycles. The van der Waals surface area contributed by atoms with E-state index in [0.717, 1.165) is 23.2 Å². The van der Waals surface area contributed by atoms with Gasteiger partial charge in [0.1, 0.15) is 11.2 Å². The summed E-state index contributed by atoms with van der Waals surface area (Å²) in [6.45, 7) is 1.75. The Morgan fingerprint density at radius 3 is 2.32 bits per heavy atom. The first-order valence-corrected chi connectivity index (χ1v) is 7.55. The van der Waals surface area contributed by atoms with Gasteiger partial charge >= 0.3 is 12.2 Å². The zero-order valence-corrected chi connectivity index (χ0v) is 13.2. The van der Waals surface area contributed by atoms with Gasteiger partial charge in [-0.15, -0.1) is 0 Å². The predicted molar refractivity (Wildman–Crippen MR) is 83.7 cm³/mol. The summed E-state index contributed by atoms with van der Waals surface area (Å²) in [5.41, 5.74) is -1.74. The molecular formula is C17H14F3N3O2. The van der Waals surface area contributed by atoms with E-state index in [1.165, 1.54) is 0 Å². The molecule has 1 aliphatic heterocycles. The molecule has 5 nitrogen and oxygen atoms in total. The van der Waals surface area contributed by atoms with E-state index in [-0.39, 0.29) is 5.69 Å². The van der Waals surface area contributed by atoms with Gasteiger partial charge in [-0.25, -0.2) is 14.7 Å². The van der Waals surface area contributed by atoms with E-state index in [0.29, 0.717) is 12.0 Å². The van der Waals surface area contributed by atoms with E-state index in [2.05, 4.69) is 10.3 Å². The van der Waals surface area contributed by atoms with Crippen LogP contribution in [0.5, 0.6) is 0 Å². The molecule has 0 spiro atoms. The standard InChI is InChI=1S/C17H14F3N3O2/c1-2-16(11-6-4-3-5-7-11)14(24)23(15(25)22-16)12-8-9-13(21-10-12)17(18,19)20/h3-10H,2H2,1H3,(H,22,25)/t16-/m1/s1. The fourth-order valence-electron chi connectivity index (χ4n) is 2.86. The summed E-state index contributed by atoms with van der Waals surface area (Å²) in [4.78, 5) is 29.4. The molecule has 0 aliphatic carbocycles. The minimum absolute atomic E-state index is 0.0123. The number of aromatic nitrogens is 1. The molecule has 0 unspecified atom stereocenters. The Hall–Kier alpha value is -2.90. The Bertz CT molecular complexity index is 806. The fraction of sp³-hybridized carbons (Fsp3) is 0.235. The third-order valence-electron chi connectivity index (χ3n) is 4.19. The normalized spacial score (nSPS) is 20.7. The van der Waals surface area contributed by atoms with Gasteiger partial charge in [-0.1, -0.05) is 37.3 Å². The first-order chi connectivity index (χ1) is 11.8. The number of imide groups is 1. The maximum absolute atomic E-state index is 12.9. The van der Waals surface area contributed by atoms with Crippen LogP contribution < -0.4 is 10.2 Å². The van der Waals surface area contributed by atoms with Gasteiger partial charge in [-0.05, 0) is 24.1 Å². The monoisotopic (exact) mass is 349 g/mol. The molecule has 3 rings (SSSR count). The molecule has 130 valence electrons. The molecule has 1 fully saturated rings. The molecule has 1 aromatic heterocycles. The van der Waals surface area contributed by atoms with Crippen LogP contribution >= 0.6 is 0 Å². The van der Waals surface area contributed by atoms with E-state index in [4.69, 9.17) is 0 Å². The Morgan fingerprint density at radius 2 is 1.80 bits per heavy atom. The van der Waals surface area contributed by atoms with Crippen LogP contribution in [0.2, 0.25) is 0 Å². The van der Waals surface area contributed by atoms with E-state index >= 15 is 0 Å². The number of amides is 3. The molecule has 1 aliphatic rings. The maximum Gasteiger partial charge on any atom is 0.433 e. The summed E-state index contributed by atoms with van der Waals surface area (Å²) in [7, 11) is 0. The van der Waals surface area contributed by atoms with Crippen LogP contribution in [0.25, 0.3) is 0 Å². The second-order valence-electron chi connectivity index (χ2n) is 5.60. The number of pyridine rings is 1. The van der Waals surface area contributed by atoms with E-state index in [1.807, 2.05) is 0 Å². The summed E-state index contributed by atoms with van der Waals surface area (Å²) in [6.07, 6.45) is -3.42. The lowest BCUT2D eigenvalue weighted by Crippen LogP contribution is -2.43. The van der Waals surface area contributed by atoms with Crippen LogP contribution in [-0.2, 0) is 16.5 Å². The quantitative estimate of drug-likeness (QED) is 0.863. The van der Waals surface area contributed by atoms with Crippen molar-refractivity contribution < 1.29 is 22.8 Å². The van der Waals surface area contributed by atoms with Crippen molar-refractivity contribution in [2.24, 2.45) is 0 Å². The van der Waals surface area contributed by atoms with Crippen molar-refractivity contribution >= 4 is 17.6 Å². The Labute approximate surface area is 141 Å². The fourth-order valence-corrected chi connectivity index (χ4v) is 2.86. The Balaban J connectivity index is 1.99. The number of benzene rings is 1. The van der Waals surface area contributed by atoms with Crippen molar-refractivity contribution in [3.8, 4) is 0 Å². The minimum Gasteiger partial charge on any atom is -0.319 e. The highest BCUT2D eigenvalue weighted by Crippen LogP contribution is 2.35. The number of nitrogens with one attached hydrogen (secondary N) is 1. The summed E-state index contributed by atoms with van der Waals surface area (Å²) >= 11 is 0. The van der Waals surface area contributed by atoms with Gasteiger partial charge in [0.15, 0.2) is 0 Å². The average molecular weight is 349 g/mol. The highest BCUT2D eigenvalue weighted by Gasteiger charge is 2.52. The lowest BCUT2D eigenvalue weighted by Gasteiger charge is -2.25. The largest absolute Gasteiger partial charge is 0.433 e. The number of halogens is 3. The third kappa shape index (κ3) is 2.73. The number of rotatable bonds is 3. The summed E-state index contributed by atoms with van der Waals surface area (Å²) in [5, 5.41) is 2.66. The van der Waals surface area contributed by atoms with Crippen molar-refractivity contribution in [2.75, 3.05) is 4.90 Å². The van der Waals surface area contributed by atoms with Gasteiger partial charge in [0, 0.05) is 0 Å². The van der Waals surface area contributed by atoms with Gasteiger partial charge in [0.05, 0.1) is 11.9 Å². The summed E-state index contributed by atoms with van der Waals surface area (Å²) in [5.74, 6) is -0.548. The van der Waals surface area contributed by atoms with Crippen LogP contribution in [0.15, 0.2) is 48.7 Å². The van der Waals surface area contributed by atoms with Crippen LogP contribution in [0.1, 0.15) is 24.6 Å². The van der Waals surface area contributed by atoms with Crippen molar-refractivity contribution in [2.45, 2.75) is 25.1 Å². The molecule has 2 heterocycles. The molecule has 2 aromatic rings. The molecule has 3 amide bonds. The van der Waals surface area contributed by atoms with Crippen LogP contribution in [0.4, 0.5) is 23.7 Å². The number of anilines is 1. The number of urea groups is 1. The molecule has 1 atom stereocenters. The molecule has 8 heteroatoms. The topological polar surface area (TPSA) is 62.3 Å². The third-order valence-corrected chi connectivity index (χ3v) is 4.19. The van der Waals surface area contributed by atoms with Gasteiger partial charge in [-0.2, -0.15) is 13.2 Å². The van der Waals surface area contributed by atoms with Crippen molar-refractivity contribution in [3.05, 3.63) is 59.9 Å². The van der Waals surface area contributed by atoms with E-state index in [1.54, 1.807) is 37.3 Å².